The SMILES string of the molecule is CCCCn1nnnc1NC(=O)N(C)Cc1nc(CC)no1. The average molecular weight is 308 g/mol. The minimum atomic E-state index is -0.344. The number of tetrazole rings is 1. The van der Waals surface area contributed by atoms with Gasteiger partial charge in [-0.2, -0.15) is 4.98 Å². The van der Waals surface area contributed by atoms with Crippen LogP contribution in [0.4, 0.5) is 10.7 Å². The van der Waals surface area contributed by atoms with Crippen LogP contribution in [0.3, 0.4) is 0 Å². The molecule has 2 aromatic rings. The van der Waals surface area contributed by atoms with Crippen LogP contribution in [0.25, 0.3) is 0 Å². The Kier molecular flexibility index (Phi) is 5.39. The van der Waals surface area contributed by atoms with E-state index in [9.17, 15) is 4.79 Å². The number of urea groups is 1. The largest absolute Gasteiger partial charge is 0.337 e. The van der Waals surface area contributed by atoms with Crippen molar-refractivity contribution in [2.45, 2.75) is 46.2 Å². The summed E-state index contributed by atoms with van der Waals surface area (Å²) in [5.41, 5.74) is 0. The molecule has 2 amide bonds. The zero-order valence-electron chi connectivity index (χ0n) is 13.0. The molecule has 0 aromatic carbocycles. The molecule has 0 unspecified atom stereocenters. The van der Waals surface area contributed by atoms with Gasteiger partial charge in [0.2, 0.25) is 5.89 Å². The van der Waals surface area contributed by atoms with E-state index in [-0.39, 0.29) is 12.6 Å². The molecule has 2 rings (SSSR count). The molecule has 10 nitrogen and oxygen atoms in total. The lowest BCUT2D eigenvalue weighted by atomic mass is 10.3. The fourth-order valence-corrected chi connectivity index (χ4v) is 1.72. The number of carbonyl (C=O) groups excluding carboxylic acids is 1. The number of hydrogen-bond donors (Lipinski definition) is 1. The van der Waals surface area contributed by atoms with Gasteiger partial charge in [0.05, 0.1) is 0 Å². The summed E-state index contributed by atoms with van der Waals surface area (Å²) in [6.45, 7) is 4.88. The standard InChI is InChI=1S/C12H20N8O2/c1-4-6-7-20-11(15-17-18-20)14-12(21)19(3)8-10-13-9(5-2)16-22-10/h4-8H2,1-3H3,(H,14,15,18,21). The van der Waals surface area contributed by atoms with E-state index in [1.54, 1.807) is 11.7 Å². The molecule has 2 aromatic heterocycles. The Morgan fingerprint density at radius 1 is 1.41 bits per heavy atom. The zero-order valence-corrected chi connectivity index (χ0v) is 13.0. The topological polar surface area (TPSA) is 115 Å². The average Bonchev–Trinajstić information content (AvgIpc) is 3.14. The summed E-state index contributed by atoms with van der Waals surface area (Å²) >= 11 is 0. The highest BCUT2D eigenvalue weighted by molar-refractivity contribution is 5.87. The first-order valence-corrected chi connectivity index (χ1v) is 7.23. The monoisotopic (exact) mass is 308 g/mol. The van der Waals surface area contributed by atoms with Gasteiger partial charge in [-0.15, -0.1) is 0 Å². The van der Waals surface area contributed by atoms with Crippen LogP contribution in [0.1, 0.15) is 38.4 Å². The molecule has 1 N–H and O–H groups in total. The van der Waals surface area contributed by atoms with E-state index in [0.29, 0.717) is 30.6 Å². The lowest BCUT2D eigenvalue weighted by Crippen LogP contribution is -2.32. The molecule has 0 saturated heterocycles. The minimum Gasteiger partial charge on any atom is -0.337 e. The molecule has 120 valence electrons. The van der Waals surface area contributed by atoms with E-state index < -0.39 is 0 Å². The van der Waals surface area contributed by atoms with Crippen LogP contribution in [0.2, 0.25) is 0 Å². The molecule has 0 radical (unpaired) electrons. The first kappa shape index (κ1) is 15.9. The van der Waals surface area contributed by atoms with Gasteiger partial charge in [0.15, 0.2) is 5.82 Å². The maximum absolute atomic E-state index is 12.1. The third kappa shape index (κ3) is 3.99. The molecule has 0 aliphatic heterocycles. The Bertz CT molecular complexity index is 608. The first-order chi connectivity index (χ1) is 10.6. The van der Waals surface area contributed by atoms with Crippen molar-refractivity contribution in [2.24, 2.45) is 0 Å². The van der Waals surface area contributed by atoms with Crippen molar-refractivity contribution in [3.8, 4) is 0 Å². The minimum absolute atomic E-state index is 0.218. The van der Waals surface area contributed by atoms with Crippen LogP contribution in [-0.4, -0.2) is 48.3 Å². The number of amides is 2. The van der Waals surface area contributed by atoms with E-state index >= 15 is 0 Å². The predicted octanol–water partition coefficient (Wildman–Crippen LogP) is 1.08. The van der Waals surface area contributed by atoms with Crippen LogP contribution in [0.15, 0.2) is 4.52 Å². The van der Waals surface area contributed by atoms with Crippen molar-refractivity contribution in [3.63, 3.8) is 0 Å². The fourth-order valence-electron chi connectivity index (χ4n) is 1.72. The predicted molar refractivity (Wildman–Crippen MR) is 76.9 cm³/mol. The van der Waals surface area contributed by atoms with Gasteiger partial charge in [0.1, 0.15) is 6.54 Å². The number of aryl methyl sites for hydroxylation is 2. The summed E-state index contributed by atoms with van der Waals surface area (Å²) < 4.78 is 6.63. The van der Waals surface area contributed by atoms with E-state index in [0.717, 1.165) is 12.8 Å². The smallest absolute Gasteiger partial charge is 0.324 e. The van der Waals surface area contributed by atoms with Crippen molar-refractivity contribution >= 4 is 12.0 Å². The summed E-state index contributed by atoms with van der Waals surface area (Å²) in [5, 5.41) is 17.7. The highest BCUT2D eigenvalue weighted by Crippen LogP contribution is 2.06. The molecule has 22 heavy (non-hydrogen) atoms. The Labute approximate surface area is 127 Å². The Morgan fingerprint density at radius 3 is 2.91 bits per heavy atom. The number of unbranched alkanes of at least 4 members (excludes halogenated alkanes) is 1. The van der Waals surface area contributed by atoms with E-state index in [4.69, 9.17) is 4.52 Å². The van der Waals surface area contributed by atoms with Crippen LogP contribution < -0.4 is 5.32 Å². The molecule has 0 aliphatic carbocycles. The lowest BCUT2D eigenvalue weighted by Gasteiger charge is -2.15. The van der Waals surface area contributed by atoms with Gasteiger partial charge in [-0.25, -0.2) is 9.48 Å². The Morgan fingerprint density at radius 2 is 2.23 bits per heavy atom. The Balaban J connectivity index is 1.92. The van der Waals surface area contributed by atoms with Crippen molar-refractivity contribution in [1.82, 2.24) is 35.2 Å². The number of nitrogens with zero attached hydrogens (tertiary/aromatic N) is 7. The van der Waals surface area contributed by atoms with Crippen molar-refractivity contribution in [2.75, 3.05) is 12.4 Å². The second-order valence-electron chi connectivity index (χ2n) is 4.82. The Hall–Kier alpha value is -2.52. The lowest BCUT2D eigenvalue weighted by molar-refractivity contribution is 0.212. The van der Waals surface area contributed by atoms with Crippen LogP contribution in [0, 0.1) is 0 Å². The molecule has 0 atom stereocenters. The third-order valence-corrected chi connectivity index (χ3v) is 3.02. The van der Waals surface area contributed by atoms with Crippen molar-refractivity contribution in [3.05, 3.63) is 11.7 Å². The summed E-state index contributed by atoms with van der Waals surface area (Å²) in [6.07, 6.45) is 2.64. The molecule has 0 aliphatic rings. The fraction of sp³-hybridized carbons (Fsp3) is 0.667. The van der Waals surface area contributed by atoms with Crippen LogP contribution >= 0.6 is 0 Å². The third-order valence-electron chi connectivity index (χ3n) is 3.02. The molecule has 0 spiro atoms. The molecule has 10 heteroatoms. The second kappa shape index (κ2) is 7.48. The second-order valence-corrected chi connectivity index (χ2v) is 4.82. The summed E-state index contributed by atoms with van der Waals surface area (Å²) in [6, 6.07) is -0.344. The van der Waals surface area contributed by atoms with Gasteiger partial charge in [-0.3, -0.25) is 5.32 Å². The first-order valence-electron chi connectivity index (χ1n) is 7.23. The molecule has 0 fully saturated rings. The number of hydrogen-bond acceptors (Lipinski definition) is 7. The van der Waals surface area contributed by atoms with Gasteiger partial charge in [-0.1, -0.05) is 30.5 Å². The number of carbonyl (C=O) groups is 1. The van der Waals surface area contributed by atoms with Crippen LogP contribution in [-0.2, 0) is 19.5 Å². The molecule has 2 heterocycles. The highest BCUT2D eigenvalue weighted by Gasteiger charge is 2.16. The number of aromatic nitrogens is 6. The summed E-state index contributed by atoms with van der Waals surface area (Å²) in [5.74, 6) is 1.33. The van der Waals surface area contributed by atoms with Crippen molar-refractivity contribution < 1.29 is 9.32 Å². The maximum Gasteiger partial charge on any atom is 0.324 e. The normalized spacial score (nSPS) is 10.7. The van der Waals surface area contributed by atoms with Gasteiger partial charge >= 0.3 is 6.03 Å². The molecular weight excluding hydrogens is 288 g/mol. The number of rotatable bonds is 7. The number of anilines is 1. The molecule has 0 bridgehead atoms. The summed E-state index contributed by atoms with van der Waals surface area (Å²) in [4.78, 5) is 17.7. The van der Waals surface area contributed by atoms with E-state index in [2.05, 4.69) is 37.9 Å². The molecule has 0 saturated carbocycles. The van der Waals surface area contributed by atoms with Gasteiger partial charge in [0, 0.05) is 20.0 Å². The van der Waals surface area contributed by atoms with Gasteiger partial charge < -0.3 is 9.42 Å². The maximum atomic E-state index is 12.1. The molecular formula is C12H20N8O2. The van der Waals surface area contributed by atoms with Gasteiger partial charge in [-0.05, 0) is 16.8 Å². The zero-order chi connectivity index (χ0) is 15.9. The quantitative estimate of drug-likeness (QED) is 0.813. The van der Waals surface area contributed by atoms with Gasteiger partial charge in [0.25, 0.3) is 5.95 Å². The number of nitrogens with one attached hydrogen (secondary N) is 1. The van der Waals surface area contributed by atoms with Crippen molar-refractivity contribution in [1.29, 1.82) is 0 Å². The summed E-state index contributed by atoms with van der Waals surface area (Å²) in [7, 11) is 1.63. The van der Waals surface area contributed by atoms with E-state index in [1.165, 1.54) is 4.90 Å². The van der Waals surface area contributed by atoms with E-state index in [1.807, 2.05) is 6.92 Å². The highest BCUT2D eigenvalue weighted by atomic mass is 16.5. The van der Waals surface area contributed by atoms with Crippen LogP contribution in [0.5, 0.6) is 0 Å².